The van der Waals surface area contributed by atoms with E-state index in [4.69, 9.17) is 0 Å². The van der Waals surface area contributed by atoms with Gasteiger partial charge in [0.15, 0.2) is 5.69 Å². The fourth-order valence-corrected chi connectivity index (χ4v) is 2.79. The second kappa shape index (κ2) is 5.88. The van der Waals surface area contributed by atoms with Gasteiger partial charge in [-0.25, -0.2) is 4.39 Å². The van der Waals surface area contributed by atoms with Crippen LogP contribution in [0, 0.1) is 19.7 Å². The van der Waals surface area contributed by atoms with Crippen LogP contribution < -0.4 is 5.32 Å². The summed E-state index contributed by atoms with van der Waals surface area (Å²) in [5, 5.41) is 10.2. The summed E-state index contributed by atoms with van der Waals surface area (Å²) in [5.74, 6) is -0.403. The van der Waals surface area contributed by atoms with Gasteiger partial charge in [-0.05, 0) is 31.5 Å². The number of H-pyrrole nitrogens is 1. The number of rotatable bonds is 2. The van der Waals surface area contributed by atoms with Crippen LogP contribution in [0.3, 0.4) is 0 Å². The maximum Gasteiger partial charge on any atom is 0.275 e. The predicted octanol–water partition coefficient (Wildman–Crippen LogP) is 1.95. The molecule has 6 heteroatoms. The zero-order valence-corrected chi connectivity index (χ0v) is 12.7. The summed E-state index contributed by atoms with van der Waals surface area (Å²) in [6, 6.07) is 6.23. The highest BCUT2D eigenvalue weighted by Gasteiger charge is 2.31. The maximum atomic E-state index is 13.5. The molecule has 1 saturated heterocycles. The Morgan fingerprint density at radius 2 is 2.23 bits per heavy atom. The molecule has 2 aromatic rings. The lowest BCUT2D eigenvalue weighted by atomic mass is 10.0. The van der Waals surface area contributed by atoms with Gasteiger partial charge in [0.05, 0.1) is 6.04 Å². The largest absolute Gasteiger partial charge is 0.328 e. The van der Waals surface area contributed by atoms with Crippen molar-refractivity contribution in [1.82, 2.24) is 20.4 Å². The minimum Gasteiger partial charge on any atom is -0.328 e. The van der Waals surface area contributed by atoms with E-state index in [9.17, 15) is 9.18 Å². The first-order chi connectivity index (χ1) is 10.6. The Bertz CT molecular complexity index is 697. The second-order valence-corrected chi connectivity index (χ2v) is 5.60. The van der Waals surface area contributed by atoms with Crippen molar-refractivity contribution in [3.05, 3.63) is 52.6 Å². The monoisotopic (exact) mass is 302 g/mol. The molecule has 3 rings (SSSR count). The Labute approximate surface area is 128 Å². The van der Waals surface area contributed by atoms with Crippen LogP contribution in [0.2, 0.25) is 0 Å². The number of hydrogen-bond acceptors (Lipinski definition) is 3. The van der Waals surface area contributed by atoms with Crippen LogP contribution in [-0.2, 0) is 0 Å². The molecule has 0 aliphatic carbocycles. The van der Waals surface area contributed by atoms with Gasteiger partial charge in [0, 0.05) is 30.9 Å². The molecule has 1 amide bonds. The number of amides is 1. The molecule has 2 N–H and O–H groups in total. The van der Waals surface area contributed by atoms with Crippen LogP contribution in [-0.4, -0.2) is 40.6 Å². The lowest BCUT2D eigenvalue weighted by molar-refractivity contribution is 0.0627. The zero-order valence-electron chi connectivity index (χ0n) is 12.7. The lowest BCUT2D eigenvalue weighted by Gasteiger charge is -2.36. The zero-order chi connectivity index (χ0) is 15.7. The molecule has 0 saturated carbocycles. The summed E-state index contributed by atoms with van der Waals surface area (Å²) in [7, 11) is 0. The van der Waals surface area contributed by atoms with Crippen LogP contribution >= 0.6 is 0 Å². The number of carbonyl (C=O) groups is 1. The van der Waals surface area contributed by atoms with Gasteiger partial charge in [-0.2, -0.15) is 5.10 Å². The second-order valence-electron chi connectivity index (χ2n) is 5.60. The van der Waals surface area contributed by atoms with Crippen LogP contribution in [0.15, 0.2) is 24.3 Å². The first-order valence-electron chi connectivity index (χ1n) is 7.36. The third-order valence-corrected chi connectivity index (χ3v) is 4.19. The highest BCUT2D eigenvalue weighted by molar-refractivity contribution is 5.94. The summed E-state index contributed by atoms with van der Waals surface area (Å²) < 4.78 is 13.5. The Balaban J connectivity index is 1.93. The van der Waals surface area contributed by atoms with E-state index < -0.39 is 0 Å². The number of halogens is 1. The summed E-state index contributed by atoms with van der Waals surface area (Å²) in [6.45, 7) is 5.68. The number of aromatic amines is 1. The molecular formula is C16H19FN4O. The summed E-state index contributed by atoms with van der Waals surface area (Å²) in [4.78, 5) is 14.6. The van der Waals surface area contributed by atoms with Crippen molar-refractivity contribution < 1.29 is 9.18 Å². The van der Waals surface area contributed by atoms with Gasteiger partial charge in [0.1, 0.15) is 5.82 Å². The molecule has 1 unspecified atom stereocenters. The van der Waals surface area contributed by atoms with Gasteiger partial charge in [-0.3, -0.25) is 9.89 Å². The molecule has 22 heavy (non-hydrogen) atoms. The van der Waals surface area contributed by atoms with Crippen molar-refractivity contribution >= 4 is 5.91 Å². The average molecular weight is 302 g/mol. The first kappa shape index (κ1) is 14.7. The Hall–Kier alpha value is -2.21. The third kappa shape index (κ3) is 2.62. The van der Waals surface area contributed by atoms with Crippen LogP contribution in [0.5, 0.6) is 0 Å². The molecule has 1 aliphatic heterocycles. The molecule has 1 fully saturated rings. The minimum atomic E-state index is -0.290. The quantitative estimate of drug-likeness (QED) is 0.891. The fourth-order valence-electron chi connectivity index (χ4n) is 2.79. The fraction of sp³-hybridized carbons (Fsp3) is 0.375. The van der Waals surface area contributed by atoms with Gasteiger partial charge in [-0.15, -0.1) is 0 Å². The number of carbonyl (C=O) groups excluding carboxylic acids is 1. The molecule has 5 nitrogen and oxygen atoms in total. The highest BCUT2D eigenvalue weighted by Crippen LogP contribution is 2.25. The van der Waals surface area contributed by atoms with Gasteiger partial charge >= 0.3 is 0 Å². The van der Waals surface area contributed by atoms with E-state index in [2.05, 4.69) is 15.5 Å². The van der Waals surface area contributed by atoms with Crippen molar-refractivity contribution in [2.45, 2.75) is 19.9 Å². The van der Waals surface area contributed by atoms with Gasteiger partial charge < -0.3 is 10.2 Å². The van der Waals surface area contributed by atoms with Crippen molar-refractivity contribution in [1.29, 1.82) is 0 Å². The Morgan fingerprint density at radius 1 is 1.41 bits per heavy atom. The number of aryl methyl sites for hydroxylation is 1. The number of piperazine rings is 1. The average Bonchev–Trinajstić information content (AvgIpc) is 2.86. The van der Waals surface area contributed by atoms with E-state index in [0.717, 1.165) is 23.4 Å². The SMILES string of the molecule is Cc1[nH]nc(C(=O)N2CCNCC2c2cccc(F)c2)c1C. The van der Waals surface area contributed by atoms with E-state index in [1.165, 1.54) is 12.1 Å². The van der Waals surface area contributed by atoms with E-state index in [1.807, 2.05) is 19.9 Å². The smallest absolute Gasteiger partial charge is 0.275 e. The first-order valence-corrected chi connectivity index (χ1v) is 7.36. The van der Waals surface area contributed by atoms with E-state index >= 15 is 0 Å². The molecule has 0 radical (unpaired) electrons. The van der Waals surface area contributed by atoms with Gasteiger partial charge in [-0.1, -0.05) is 12.1 Å². The molecule has 1 aliphatic rings. The number of benzene rings is 1. The van der Waals surface area contributed by atoms with Gasteiger partial charge in [0.25, 0.3) is 5.91 Å². The number of aromatic nitrogens is 2. The molecule has 1 aromatic heterocycles. The van der Waals surface area contributed by atoms with Crippen molar-refractivity contribution in [2.24, 2.45) is 0 Å². The maximum absolute atomic E-state index is 13.5. The van der Waals surface area contributed by atoms with Crippen molar-refractivity contribution in [3.63, 3.8) is 0 Å². The standard InChI is InChI=1S/C16H19FN4O/c1-10-11(2)19-20-15(10)16(22)21-7-6-18-9-14(21)12-4-3-5-13(17)8-12/h3-5,8,14,18H,6-7,9H2,1-2H3,(H,19,20). The lowest BCUT2D eigenvalue weighted by Crippen LogP contribution is -2.49. The predicted molar refractivity (Wildman–Crippen MR) is 81.1 cm³/mol. The summed E-state index contributed by atoms with van der Waals surface area (Å²) >= 11 is 0. The van der Waals surface area contributed by atoms with Crippen molar-refractivity contribution in [3.8, 4) is 0 Å². The summed E-state index contributed by atoms with van der Waals surface area (Å²) in [5.41, 5.74) is 2.99. The molecule has 0 bridgehead atoms. The molecule has 0 spiro atoms. The Morgan fingerprint density at radius 3 is 2.91 bits per heavy atom. The van der Waals surface area contributed by atoms with E-state index in [0.29, 0.717) is 18.8 Å². The van der Waals surface area contributed by atoms with Crippen molar-refractivity contribution in [2.75, 3.05) is 19.6 Å². The topological polar surface area (TPSA) is 61.0 Å². The molecule has 1 aromatic carbocycles. The molecular weight excluding hydrogens is 283 g/mol. The number of nitrogens with zero attached hydrogens (tertiary/aromatic N) is 2. The minimum absolute atomic E-state index is 0.113. The van der Waals surface area contributed by atoms with Gasteiger partial charge in [0.2, 0.25) is 0 Å². The Kier molecular flexibility index (Phi) is 3.94. The van der Waals surface area contributed by atoms with E-state index in [1.54, 1.807) is 11.0 Å². The van der Waals surface area contributed by atoms with Crippen LogP contribution in [0.25, 0.3) is 0 Å². The normalized spacial score (nSPS) is 18.5. The summed E-state index contributed by atoms with van der Waals surface area (Å²) in [6.07, 6.45) is 0. The third-order valence-electron chi connectivity index (χ3n) is 4.19. The molecule has 116 valence electrons. The van der Waals surface area contributed by atoms with Crippen LogP contribution in [0.4, 0.5) is 4.39 Å². The number of hydrogen-bond donors (Lipinski definition) is 2. The molecule has 2 heterocycles. The highest BCUT2D eigenvalue weighted by atomic mass is 19.1. The van der Waals surface area contributed by atoms with E-state index in [-0.39, 0.29) is 17.8 Å². The van der Waals surface area contributed by atoms with Crippen LogP contribution in [0.1, 0.15) is 33.4 Å². The molecule has 1 atom stereocenters. The number of nitrogens with one attached hydrogen (secondary N) is 2.